The third-order valence-corrected chi connectivity index (χ3v) is 4.47. The zero-order valence-electron chi connectivity index (χ0n) is 13.5. The minimum absolute atomic E-state index is 0.117. The number of hydrogen-bond donors (Lipinski definition) is 2. The molecule has 23 heavy (non-hydrogen) atoms. The Labute approximate surface area is 137 Å². The Kier molecular flexibility index (Phi) is 4.95. The predicted octanol–water partition coefficient (Wildman–Crippen LogP) is 3.14. The molecule has 0 radical (unpaired) electrons. The van der Waals surface area contributed by atoms with Gasteiger partial charge in [0.2, 0.25) is 0 Å². The molecule has 1 saturated carbocycles. The maximum absolute atomic E-state index is 12.4. The van der Waals surface area contributed by atoms with Gasteiger partial charge in [-0.2, -0.15) is 0 Å². The molecule has 1 heterocycles. The molecule has 5 nitrogen and oxygen atoms in total. The fraction of sp³-hybridized carbons (Fsp3) is 0.444. The van der Waals surface area contributed by atoms with Crippen LogP contribution in [0.25, 0.3) is 0 Å². The summed E-state index contributed by atoms with van der Waals surface area (Å²) in [5.41, 5.74) is 1.03. The van der Waals surface area contributed by atoms with E-state index in [-0.39, 0.29) is 12.1 Å². The van der Waals surface area contributed by atoms with Crippen LogP contribution >= 0.6 is 0 Å². The minimum Gasteiger partial charge on any atom is -0.336 e. The first-order valence-corrected chi connectivity index (χ1v) is 8.33. The molecule has 0 aliphatic heterocycles. The average molecular weight is 312 g/mol. The Hall–Kier alpha value is -2.30. The molecule has 1 atom stereocenters. The topological polar surface area (TPSA) is 59.0 Å². The lowest BCUT2D eigenvalue weighted by Gasteiger charge is -2.25. The fourth-order valence-electron chi connectivity index (χ4n) is 3.20. The second-order valence-electron chi connectivity index (χ2n) is 6.19. The highest BCUT2D eigenvalue weighted by Crippen LogP contribution is 2.21. The molecule has 2 amide bonds. The summed E-state index contributed by atoms with van der Waals surface area (Å²) < 4.78 is 1.94. The number of aromatic nitrogens is 2. The van der Waals surface area contributed by atoms with Crippen LogP contribution in [-0.2, 0) is 7.05 Å². The number of hydrogen-bond acceptors (Lipinski definition) is 2. The predicted molar refractivity (Wildman–Crippen MR) is 90.0 cm³/mol. The third kappa shape index (κ3) is 3.92. The Morgan fingerprint density at radius 1 is 1.22 bits per heavy atom. The standard InChI is InChI=1S/C18H24N4O/c1-22-13-12-19-17(22)16(14-8-4-2-5-9-14)21-18(23)20-15-10-6-3-7-11-15/h2,4-5,8-9,12-13,15-16H,3,6-7,10-11H2,1H3,(H2,20,21,23). The van der Waals surface area contributed by atoms with Gasteiger partial charge in [0, 0.05) is 25.5 Å². The first kappa shape index (κ1) is 15.6. The van der Waals surface area contributed by atoms with Gasteiger partial charge < -0.3 is 15.2 Å². The van der Waals surface area contributed by atoms with Crippen LogP contribution in [0.1, 0.15) is 49.5 Å². The van der Waals surface area contributed by atoms with Crippen LogP contribution < -0.4 is 10.6 Å². The van der Waals surface area contributed by atoms with Crippen molar-refractivity contribution < 1.29 is 4.79 Å². The summed E-state index contributed by atoms with van der Waals surface area (Å²) in [6.45, 7) is 0. The third-order valence-electron chi connectivity index (χ3n) is 4.47. The molecular weight excluding hydrogens is 288 g/mol. The van der Waals surface area contributed by atoms with Gasteiger partial charge in [-0.3, -0.25) is 0 Å². The number of imidazole rings is 1. The summed E-state index contributed by atoms with van der Waals surface area (Å²) >= 11 is 0. The molecular formula is C18H24N4O. The summed E-state index contributed by atoms with van der Waals surface area (Å²) in [5, 5.41) is 6.20. The molecule has 0 spiro atoms. The summed E-state index contributed by atoms with van der Waals surface area (Å²) in [6, 6.07) is 9.88. The van der Waals surface area contributed by atoms with Crippen molar-refractivity contribution in [1.82, 2.24) is 20.2 Å². The monoisotopic (exact) mass is 312 g/mol. The summed E-state index contributed by atoms with van der Waals surface area (Å²) in [6.07, 6.45) is 9.48. The van der Waals surface area contributed by atoms with Crippen molar-refractivity contribution in [2.24, 2.45) is 7.05 Å². The van der Waals surface area contributed by atoms with Crippen molar-refractivity contribution >= 4 is 6.03 Å². The molecule has 1 fully saturated rings. The van der Waals surface area contributed by atoms with Crippen molar-refractivity contribution in [3.63, 3.8) is 0 Å². The van der Waals surface area contributed by atoms with Crippen molar-refractivity contribution in [3.8, 4) is 0 Å². The molecule has 3 rings (SSSR count). The van der Waals surface area contributed by atoms with E-state index in [0.29, 0.717) is 6.04 Å². The molecule has 0 saturated heterocycles. The minimum atomic E-state index is -0.250. The summed E-state index contributed by atoms with van der Waals surface area (Å²) in [5.74, 6) is 0.829. The maximum atomic E-state index is 12.4. The van der Waals surface area contributed by atoms with Crippen molar-refractivity contribution in [2.45, 2.75) is 44.2 Å². The molecule has 5 heteroatoms. The summed E-state index contributed by atoms with van der Waals surface area (Å²) in [7, 11) is 1.94. The Balaban J connectivity index is 1.74. The van der Waals surface area contributed by atoms with Gasteiger partial charge in [0.15, 0.2) is 0 Å². The first-order chi connectivity index (χ1) is 11.2. The lowest BCUT2D eigenvalue weighted by Crippen LogP contribution is -2.44. The fourth-order valence-corrected chi connectivity index (χ4v) is 3.20. The zero-order valence-corrected chi connectivity index (χ0v) is 13.5. The highest BCUT2D eigenvalue weighted by molar-refractivity contribution is 5.75. The van der Waals surface area contributed by atoms with Crippen LogP contribution in [0.5, 0.6) is 0 Å². The summed E-state index contributed by atoms with van der Waals surface area (Å²) in [4.78, 5) is 16.9. The largest absolute Gasteiger partial charge is 0.336 e. The molecule has 0 bridgehead atoms. The normalized spacial score (nSPS) is 16.7. The molecule has 2 aromatic rings. The number of nitrogens with zero attached hydrogens (tertiary/aromatic N) is 2. The van der Waals surface area contributed by atoms with Crippen molar-refractivity contribution in [2.75, 3.05) is 0 Å². The van der Waals surface area contributed by atoms with Crippen LogP contribution in [0, 0.1) is 0 Å². The van der Waals surface area contributed by atoms with Crippen molar-refractivity contribution in [3.05, 3.63) is 54.1 Å². The van der Waals surface area contributed by atoms with Crippen LogP contribution in [0.4, 0.5) is 4.79 Å². The van der Waals surface area contributed by atoms with Gasteiger partial charge in [0.25, 0.3) is 0 Å². The molecule has 1 unspecified atom stereocenters. The van der Waals surface area contributed by atoms with Gasteiger partial charge in [0.05, 0.1) is 0 Å². The van der Waals surface area contributed by atoms with Gasteiger partial charge >= 0.3 is 6.03 Å². The first-order valence-electron chi connectivity index (χ1n) is 8.33. The molecule has 2 N–H and O–H groups in total. The van der Waals surface area contributed by atoms with Gasteiger partial charge in [-0.15, -0.1) is 0 Å². The van der Waals surface area contributed by atoms with E-state index in [1.807, 2.05) is 48.1 Å². The number of aryl methyl sites for hydroxylation is 1. The zero-order chi connectivity index (χ0) is 16.1. The lowest BCUT2D eigenvalue weighted by molar-refractivity contribution is 0.230. The molecule has 1 aromatic carbocycles. The Morgan fingerprint density at radius 2 is 1.96 bits per heavy atom. The highest BCUT2D eigenvalue weighted by atomic mass is 16.2. The van der Waals surface area contributed by atoms with E-state index in [2.05, 4.69) is 15.6 Å². The second kappa shape index (κ2) is 7.31. The lowest BCUT2D eigenvalue weighted by atomic mass is 9.96. The van der Waals surface area contributed by atoms with E-state index < -0.39 is 0 Å². The van der Waals surface area contributed by atoms with E-state index in [1.165, 1.54) is 19.3 Å². The molecule has 1 aliphatic carbocycles. The quantitative estimate of drug-likeness (QED) is 0.911. The van der Waals surface area contributed by atoms with Gasteiger partial charge in [-0.25, -0.2) is 9.78 Å². The number of rotatable bonds is 4. The van der Waals surface area contributed by atoms with Gasteiger partial charge in [-0.1, -0.05) is 49.6 Å². The number of amides is 2. The number of carbonyl (C=O) groups is 1. The number of benzene rings is 1. The van der Waals surface area contributed by atoms with E-state index >= 15 is 0 Å². The average Bonchev–Trinajstić information content (AvgIpc) is 3.00. The Morgan fingerprint density at radius 3 is 2.61 bits per heavy atom. The van der Waals surface area contributed by atoms with Crippen molar-refractivity contribution in [1.29, 1.82) is 0 Å². The number of urea groups is 1. The smallest absolute Gasteiger partial charge is 0.315 e. The van der Waals surface area contributed by atoms with E-state index in [4.69, 9.17) is 0 Å². The van der Waals surface area contributed by atoms with Gasteiger partial charge in [0.1, 0.15) is 11.9 Å². The highest BCUT2D eigenvalue weighted by Gasteiger charge is 2.22. The maximum Gasteiger partial charge on any atom is 0.315 e. The molecule has 122 valence electrons. The number of carbonyl (C=O) groups excluding carboxylic acids is 1. The van der Waals surface area contributed by atoms with Crippen LogP contribution in [0.15, 0.2) is 42.7 Å². The number of nitrogens with one attached hydrogen (secondary N) is 2. The second-order valence-corrected chi connectivity index (χ2v) is 6.19. The van der Waals surface area contributed by atoms with Crippen LogP contribution in [0.3, 0.4) is 0 Å². The van der Waals surface area contributed by atoms with Gasteiger partial charge in [-0.05, 0) is 18.4 Å². The van der Waals surface area contributed by atoms with Crippen LogP contribution in [-0.4, -0.2) is 21.6 Å². The van der Waals surface area contributed by atoms with E-state index in [1.54, 1.807) is 6.20 Å². The van der Waals surface area contributed by atoms with E-state index in [0.717, 1.165) is 24.2 Å². The van der Waals surface area contributed by atoms with Crippen LogP contribution in [0.2, 0.25) is 0 Å². The molecule has 1 aromatic heterocycles. The Bertz CT molecular complexity index is 631. The molecule has 1 aliphatic rings. The van der Waals surface area contributed by atoms with E-state index in [9.17, 15) is 4.79 Å². The SMILES string of the molecule is Cn1ccnc1C(NC(=O)NC1CCCCC1)c1ccccc1.